The maximum atomic E-state index is 5.56. The van der Waals surface area contributed by atoms with E-state index in [0.29, 0.717) is 6.54 Å². The molecule has 0 saturated carbocycles. The van der Waals surface area contributed by atoms with Gasteiger partial charge in [-0.3, -0.25) is 10.00 Å². The third-order valence-electron chi connectivity index (χ3n) is 4.50. The van der Waals surface area contributed by atoms with E-state index in [1.54, 1.807) is 11.9 Å². The van der Waals surface area contributed by atoms with Crippen molar-refractivity contribution in [2.24, 2.45) is 0 Å². The number of para-hydroxylation sites is 1. The van der Waals surface area contributed by atoms with E-state index < -0.39 is 0 Å². The molecule has 1 fully saturated rings. The van der Waals surface area contributed by atoms with E-state index in [-0.39, 0.29) is 12.1 Å². The summed E-state index contributed by atoms with van der Waals surface area (Å²) in [5, 5.41) is 16.2. The zero-order valence-electron chi connectivity index (χ0n) is 14.3. The number of H-pyrrole nitrogens is 1. The van der Waals surface area contributed by atoms with Crippen LogP contribution in [0.15, 0.2) is 36.5 Å². The first kappa shape index (κ1) is 15.9. The van der Waals surface area contributed by atoms with Gasteiger partial charge < -0.3 is 4.74 Å². The molecule has 0 aliphatic carbocycles. The molecule has 0 unspecified atom stereocenters. The Kier molecular flexibility index (Phi) is 4.29. The van der Waals surface area contributed by atoms with Crippen molar-refractivity contribution in [3.63, 3.8) is 0 Å². The first-order chi connectivity index (χ1) is 12.2. The fourth-order valence-corrected chi connectivity index (χ4v) is 3.25. The molecule has 1 aliphatic rings. The Balaban J connectivity index is 1.53. The Morgan fingerprint density at radius 2 is 2.12 bits per heavy atom. The lowest BCUT2D eigenvalue weighted by atomic mass is 10.2. The van der Waals surface area contributed by atoms with Crippen LogP contribution < -0.4 is 0 Å². The van der Waals surface area contributed by atoms with Crippen molar-refractivity contribution in [3.8, 4) is 5.69 Å². The average molecular weight is 339 g/mol. The minimum atomic E-state index is 0.122. The SMILES string of the molecule is CO[C@@H]1C[C@@H](c2n[nH]c(C)n2)N(Cc2cnn(-c3ccccc3)n2)C1. The lowest BCUT2D eigenvalue weighted by Crippen LogP contribution is -2.25. The molecule has 8 heteroatoms. The summed E-state index contributed by atoms with van der Waals surface area (Å²) in [6, 6.07) is 10.0. The van der Waals surface area contributed by atoms with Gasteiger partial charge in [0.25, 0.3) is 0 Å². The molecule has 25 heavy (non-hydrogen) atoms. The summed E-state index contributed by atoms with van der Waals surface area (Å²) in [5.41, 5.74) is 1.86. The lowest BCUT2D eigenvalue weighted by molar-refractivity contribution is 0.107. The molecule has 1 aliphatic heterocycles. The fraction of sp³-hybridized carbons (Fsp3) is 0.412. The molecule has 130 valence electrons. The van der Waals surface area contributed by atoms with Crippen LogP contribution in [0.5, 0.6) is 0 Å². The van der Waals surface area contributed by atoms with Gasteiger partial charge in [0.2, 0.25) is 0 Å². The smallest absolute Gasteiger partial charge is 0.167 e. The van der Waals surface area contributed by atoms with E-state index in [9.17, 15) is 0 Å². The van der Waals surface area contributed by atoms with Crippen molar-refractivity contribution in [2.45, 2.75) is 32.0 Å². The Hall–Kier alpha value is -2.58. The highest BCUT2D eigenvalue weighted by molar-refractivity contribution is 5.28. The molecule has 4 rings (SSSR count). The molecule has 3 aromatic rings. The summed E-state index contributed by atoms with van der Waals surface area (Å²) in [6.07, 6.45) is 2.86. The summed E-state index contributed by atoms with van der Waals surface area (Å²) in [7, 11) is 1.75. The Morgan fingerprint density at radius 1 is 1.28 bits per heavy atom. The zero-order chi connectivity index (χ0) is 17.2. The molecule has 0 radical (unpaired) electrons. The van der Waals surface area contributed by atoms with Crippen LogP contribution in [-0.4, -0.2) is 54.8 Å². The number of hydrogen-bond acceptors (Lipinski definition) is 6. The number of hydrogen-bond donors (Lipinski definition) is 1. The molecule has 1 saturated heterocycles. The molecular weight excluding hydrogens is 318 g/mol. The number of rotatable bonds is 5. The van der Waals surface area contributed by atoms with Gasteiger partial charge in [0.1, 0.15) is 5.82 Å². The van der Waals surface area contributed by atoms with Crippen LogP contribution in [0.25, 0.3) is 5.69 Å². The van der Waals surface area contributed by atoms with Crippen LogP contribution in [0.2, 0.25) is 0 Å². The molecule has 8 nitrogen and oxygen atoms in total. The third-order valence-corrected chi connectivity index (χ3v) is 4.50. The topological polar surface area (TPSA) is 84.8 Å². The van der Waals surface area contributed by atoms with Gasteiger partial charge in [-0.2, -0.15) is 20.1 Å². The zero-order valence-corrected chi connectivity index (χ0v) is 14.3. The van der Waals surface area contributed by atoms with E-state index in [0.717, 1.165) is 36.0 Å². The maximum absolute atomic E-state index is 5.56. The van der Waals surface area contributed by atoms with Crippen molar-refractivity contribution >= 4 is 0 Å². The number of nitrogens with zero attached hydrogens (tertiary/aromatic N) is 6. The number of aromatic amines is 1. The van der Waals surface area contributed by atoms with E-state index in [4.69, 9.17) is 4.74 Å². The van der Waals surface area contributed by atoms with Crippen LogP contribution >= 0.6 is 0 Å². The number of aryl methyl sites for hydroxylation is 1. The lowest BCUT2D eigenvalue weighted by Gasteiger charge is -2.20. The molecule has 0 bridgehead atoms. The fourth-order valence-electron chi connectivity index (χ4n) is 3.25. The first-order valence-corrected chi connectivity index (χ1v) is 8.35. The van der Waals surface area contributed by atoms with Gasteiger partial charge in [-0.05, 0) is 25.5 Å². The standard InChI is InChI=1S/C17H21N7O/c1-12-19-17(21-20-12)16-8-15(25-2)11-23(16)10-13-9-18-24(22-13)14-6-4-3-5-7-14/h3-7,9,15-16H,8,10-11H2,1-2H3,(H,19,20,21)/t15-,16+/m1/s1. The van der Waals surface area contributed by atoms with Crippen LogP contribution in [-0.2, 0) is 11.3 Å². The highest BCUT2D eigenvalue weighted by atomic mass is 16.5. The molecule has 2 atom stereocenters. The minimum Gasteiger partial charge on any atom is -0.380 e. The Bertz CT molecular complexity index is 828. The van der Waals surface area contributed by atoms with Gasteiger partial charge >= 0.3 is 0 Å². The molecule has 0 amide bonds. The van der Waals surface area contributed by atoms with E-state index in [2.05, 4.69) is 30.3 Å². The quantitative estimate of drug-likeness (QED) is 0.761. The van der Waals surface area contributed by atoms with Crippen LogP contribution in [0, 0.1) is 6.92 Å². The third kappa shape index (κ3) is 3.31. The number of nitrogens with one attached hydrogen (secondary N) is 1. The number of ether oxygens (including phenoxy) is 1. The second-order valence-corrected chi connectivity index (χ2v) is 6.28. The molecule has 3 heterocycles. The minimum absolute atomic E-state index is 0.122. The molecule has 2 aromatic heterocycles. The predicted molar refractivity (Wildman–Crippen MR) is 91.0 cm³/mol. The predicted octanol–water partition coefficient (Wildman–Crippen LogP) is 1.66. The van der Waals surface area contributed by atoms with Crippen molar-refractivity contribution in [1.82, 2.24) is 35.1 Å². The number of benzene rings is 1. The second-order valence-electron chi connectivity index (χ2n) is 6.28. The van der Waals surface area contributed by atoms with Gasteiger partial charge in [0.15, 0.2) is 5.82 Å². The monoisotopic (exact) mass is 339 g/mol. The highest BCUT2D eigenvalue weighted by Crippen LogP contribution is 2.32. The Morgan fingerprint density at radius 3 is 2.84 bits per heavy atom. The van der Waals surface area contributed by atoms with Crippen LogP contribution in [0.1, 0.15) is 29.8 Å². The van der Waals surface area contributed by atoms with E-state index >= 15 is 0 Å². The summed E-state index contributed by atoms with van der Waals surface area (Å²) < 4.78 is 5.56. The van der Waals surface area contributed by atoms with Crippen LogP contribution in [0.4, 0.5) is 0 Å². The Labute approximate surface area is 145 Å². The van der Waals surface area contributed by atoms with Crippen molar-refractivity contribution in [2.75, 3.05) is 13.7 Å². The number of likely N-dealkylation sites (tertiary alicyclic amines) is 1. The second kappa shape index (κ2) is 6.73. The summed E-state index contributed by atoms with van der Waals surface area (Å²) in [4.78, 5) is 8.46. The van der Waals surface area contributed by atoms with Crippen molar-refractivity contribution in [3.05, 3.63) is 53.9 Å². The average Bonchev–Trinajstić information content (AvgIpc) is 3.36. The van der Waals surface area contributed by atoms with Crippen molar-refractivity contribution in [1.29, 1.82) is 0 Å². The van der Waals surface area contributed by atoms with Gasteiger partial charge in [-0.25, -0.2) is 4.98 Å². The summed E-state index contributed by atoms with van der Waals surface area (Å²) in [6.45, 7) is 3.42. The van der Waals surface area contributed by atoms with Gasteiger partial charge in [0.05, 0.1) is 29.7 Å². The number of methoxy groups -OCH3 is 1. The largest absolute Gasteiger partial charge is 0.380 e. The van der Waals surface area contributed by atoms with Gasteiger partial charge in [-0.15, -0.1) is 0 Å². The highest BCUT2D eigenvalue weighted by Gasteiger charge is 2.36. The van der Waals surface area contributed by atoms with E-state index in [1.165, 1.54) is 0 Å². The van der Waals surface area contributed by atoms with Gasteiger partial charge in [0, 0.05) is 20.2 Å². The molecule has 1 N–H and O–H groups in total. The maximum Gasteiger partial charge on any atom is 0.167 e. The van der Waals surface area contributed by atoms with E-state index in [1.807, 2.05) is 43.5 Å². The van der Waals surface area contributed by atoms with Crippen LogP contribution in [0.3, 0.4) is 0 Å². The van der Waals surface area contributed by atoms with Crippen molar-refractivity contribution < 1.29 is 4.74 Å². The molecule has 1 aromatic carbocycles. The summed E-state index contributed by atoms with van der Waals surface area (Å²) in [5.74, 6) is 1.64. The first-order valence-electron chi connectivity index (χ1n) is 8.35. The normalized spacial score (nSPS) is 21.0. The van der Waals surface area contributed by atoms with Gasteiger partial charge in [-0.1, -0.05) is 18.2 Å². The summed E-state index contributed by atoms with van der Waals surface area (Å²) >= 11 is 0. The molecular formula is C17H21N7O. The molecule has 0 spiro atoms. The number of aromatic nitrogens is 6.